The van der Waals surface area contributed by atoms with Crippen molar-refractivity contribution in [3.63, 3.8) is 0 Å². The van der Waals surface area contributed by atoms with Crippen LogP contribution >= 0.6 is 0 Å². The zero-order valence-corrected chi connectivity index (χ0v) is 11.5. The summed E-state index contributed by atoms with van der Waals surface area (Å²) in [7, 11) is 1.76. The lowest BCUT2D eigenvalue weighted by Crippen LogP contribution is -2.44. The monoisotopic (exact) mass is 269 g/mol. The summed E-state index contributed by atoms with van der Waals surface area (Å²) in [6.07, 6.45) is 2.53. The van der Waals surface area contributed by atoms with Crippen molar-refractivity contribution in [1.82, 2.24) is 14.9 Å². The van der Waals surface area contributed by atoms with Crippen molar-refractivity contribution < 1.29 is 19.4 Å². The Hall–Kier alpha value is -2.05. The fourth-order valence-electron chi connectivity index (χ4n) is 1.44. The van der Waals surface area contributed by atoms with E-state index in [9.17, 15) is 9.59 Å². The standard InChI is InChI=1S/C12H19N3O4/c1-12(2,3)19-11(18)14-9(10(16)17)5-8-6-13-7-15(8)4/h6-7,9H,5H2,1-4H3,(H,14,18)(H,16,17). The van der Waals surface area contributed by atoms with Gasteiger partial charge in [-0.15, -0.1) is 0 Å². The van der Waals surface area contributed by atoms with Gasteiger partial charge >= 0.3 is 12.1 Å². The highest BCUT2D eigenvalue weighted by Gasteiger charge is 2.24. The van der Waals surface area contributed by atoms with Crippen LogP contribution in [0.4, 0.5) is 4.79 Å². The third-order valence-electron chi connectivity index (χ3n) is 2.32. The molecule has 0 radical (unpaired) electrons. The van der Waals surface area contributed by atoms with Crippen molar-refractivity contribution in [3.8, 4) is 0 Å². The number of ether oxygens (including phenoxy) is 1. The minimum Gasteiger partial charge on any atom is -0.480 e. The Morgan fingerprint density at radius 2 is 2.16 bits per heavy atom. The third kappa shape index (κ3) is 4.99. The number of aliphatic carboxylic acids is 1. The average Bonchev–Trinajstić information content (AvgIpc) is 2.60. The van der Waals surface area contributed by atoms with Gasteiger partial charge in [0.05, 0.1) is 6.33 Å². The predicted octanol–water partition coefficient (Wildman–Crippen LogP) is 0.940. The number of carbonyl (C=O) groups is 2. The lowest BCUT2D eigenvalue weighted by molar-refractivity contribution is -0.139. The van der Waals surface area contributed by atoms with Gasteiger partial charge in [0.2, 0.25) is 0 Å². The minimum atomic E-state index is -1.12. The van der Waals surface area contributed by atoms with Crippen LogP contribution in [0.2, 0.25) is 0 Å². The summed E-state index contributed by atoms with van der Waals surface area (Å²) in [5.74, 6) is -1.12. The number of nitrogens with zero attached hydrogens (tertiary/aromatic N) is 2. The fourth-order valence-corrected chi connectivity index (χ4v) is 1.44. The first-order chi connectivity index (χ1) is 8.69. The smallest absolute Gasteiger partial charge is 0.408 e. The first-order valence-electron chi connectivity index (χ1n) is 5.86. The molecule has 0 aliphatic carbocycles. The Morgan fingerprint density at radius 1 is 1.53 bits per heavy atom. The topological polar surface area (TPSA) is 93.5 Å². The van der Waals surface area contributed by atoms with E-state index in [-0.39, 0.29) is 6.42 Å². The van der Waals surface area contributed by atoms with Gasteiger partial charge < -0.3 is 19.7 Å². The number of aromatic nitrogens is 2. The van der Waals surface area contributed by atoms with Gasteiger partial charge in [-0.05, 0) is 20.8 Å². The highest BCUT2D eigenvalue weighted by Crippen LogP contribution is 2.08. The molecular weight excluding hydrogens is 250 g/mol. The average molecular weight is 269 g/mol. The van der Waals surface area contributed by atoms with Crippen LogP contribution in [0.3, 0.4) is 0 Å². The van der Waals surface area contributed by atoms with Crippen LogP contribution in [0.1, 0.15) is 26.5 Å². The number of carbonyl (C=O) groups excluding carboxylic acids is 1. The summed E-state index contributed by atoms with van der Waals surface area (Å²) in [5, 5.41) is 11.4. The number of imidazole rings is 1. The molecule has 0 bridgehead atoms. The van der Waals surface area contributed by atoms with Gasteiger partial charge in [0, 0.05) is 25.4 Å². The number of carboxylic acids is 1. The van der Waals surface area contributed by atoms with Crippen LogP contribution in [0, 0.1) is 0 Å². The van der Waals surface area contributed by atoms with Crippen LogP contribution in [0.15, 0.2) is 12.5 Å². The first-order valence-corrected chi connectivity index (χ1v) is 5.86. The largest absolute Gasteiger partial charge is 0.480 e. The van der Waals surface area contributed by atoms with Crippen molar-refractivity contribution in [2.75, 3.05) is 0 Å². The van der Waals surface area contributed by atoms with Crippen molar-refractivity contribution in [2.45, 2.75) is 38.8 Å². The Balaban J connectivity index is 2.67. The highest BCUT2D eigenvalue weighted by molar-refractivity contribution is 5.80. The molecule has 0 aromatic carbocycles. The molecule has 1 rings (SSSR count). The van der Waals surface area contributed by atoms with E-state index in [4.69, 9.17) is 9.84 Å². The van der Waals surface area contributed by atoms with Crippen LogP contribution in [0.25, 0.3) is 0 Å². The second-order valence-corrected chi connectivity index (χ2v) is 5.24. The van der Waals surface area contributed by atoms with E-state index in [0.29, 0.717) is 5.69 Å². The molecule has 1 unspecified atom stereocenters. The molecule has 106 valence electrons. The maximum Gasteiger partial charge on any atom is 0.408 e. The van der Waals surface area contributed by atoms with Crippen LogP contribution < -0.4 is 5.32 Å². The van der Waals surface area contributed by atoms with Gasteiger partial charge in [-0.25, -0.2) is 14.6 Å². The Labute approximate surface area is 111 Å². The summed E-state index contributed by atoms with van der Waals surface area (Å²) in [6, 6.07) is -1.05. The molecular formula is C12H19N3O4. The van der Waals surface area contributed by atoms with Crippen molar-refractivity contribution in [3.05, 3.63) is 18.2 Å². The van der Waals surface area contributed by atoms with Crippen LogP contribution in [-0.2, 0) is 23.0 Å². The number of aryl methyl sites for hydroxylation is 1. The fraction of sp³-hybridized carbons (Fsp3) is 0.583. The van der Waals surface area contributed by atoms with Gasteiger partial charge in [-0.2, -0.15) is 0 Å². The van der Waals surface area contributed by atoms with Crippen molar-refractivity contribution in [1.29, 1.82) is 0 Å². The van der Waals surface area contributed by atoms with Crippen molar-refractivity contribution >= 4 is 12.1 Å². The molecule has 19 heavy (non-hydrogen) atoms. The van der Waals surface area contributed by atoms with Gasteiger partial charge in [0.25, 0.3) is 0 Å². The molecule has 7 heteroatoms. The molecule has 2 N–H and O–H groups in total. The summed E-state index contributed by atoms with van der Waals surface area (Å²) >= 11 is 0. The molecule has 0 saturated carbocycles. The summed E-state index contributed by atoms with van der Waals surface area (Å²) < 4.78 is 6.73. The lowest BCUT2D eigenvalue weighted by Gasteiger charge is -2.22. The predicted molar refractivity (Wildman–Crippen MR) is 67.7 cm³/mol. The molecule has 1 heterocycles. The molecule has 1 aromatic heterocycles. The highest BCUT2D eigenvalue weighted by atomic mass is 16.6. The number of rotatable bonds is 4. The SMILES string of the molecule is Cn1cncc1CC(NC(=O)OC(C)(C)C)C(=O)O. The first kappa shape index (κ1) is 15.0. The quantitative estimate of drug-likeness (QED) is 0.848. The van der Waals surface area contributed by atoms with E-state index in [1.165, 1.54) is 0 Å². The molecule has 0 aliphatic heterocycles. The van der Waals surface area contributed by atoms with Gasteiger partial charge in [-0.1, -0.05) is 0 Å². The zero-order valence-electron chi connectivity index (χ0n) is 11.5. The van der Waals surface area contributed by atoms with Crippen LogP contribution in [-0.4, -0.2) is 38.4 Å². The zero-order chi connectivity index (χ0) is 14.6. The molecule has 1 amide bonds. The summed E-state index contributed by atoms with van der Waals surface area (Å²) in [6.45, 7) is 5.14. The second-order valence-electron chi connectivity index (χ2n) is 5.24. The summed E-state index contributed by atoms with van der Waals surface area (Å²) in [5.41, 5.74) is 0.0445. The van der Waals surface area contributed by atoms with E-state index >= 15 is 0 Å². The molecule has 0 saturated heterocycles. The molecule has 0 fully saturated rings. The maximum atomic E-state index is 11.6. The number of nitrogens with one attached hydrogen (secondary N) is 1. The van der Waals surface area contributed by atoms with Crippen molar-refractivity contribution in [2.24, 2.45) is 7.05 Å². The third-order valence-corrected chi connectivity index (χ3v) is 2.32. The maximum absolute atomic E-state index is 11.6. The van der Waals surface area contributed by atoms with E-state index in [0.717, 1.165) is 0 Å². The number of hydrogen-bond donors (Lipinski definition) is 2. The minimum absolute atomic E-state index is 0.144. The molecule has 1 atom stereocenters. The molecule has 7 nitrogen and oxygen atoms in total. The number of hydrogen-bond acceptors (Lipinski definition) is 4. The second kappa shape index (κ2) is 5.73. The number of amides is 1. The molecule has 1 aromatic rings. The van der Waals surface area contributed by atoms with Gasteiger partial charge in [-0.3, -0.25) is 0 Å². The summed E-state index contributed by atoms with van der Waals surface area (Å²) in [4.78, 5) is 26.6. The Kier molecular flexibility index (Phi) is 4.52. The van der Waals surface area contributed by atoms with E-state index in [1.807, 2.05) is 0 Å². The van der Waals surface area contributed by atoms with Crippen LogP contribution in [0.5, 0.6) is 0 Å². The number of alkyl carbamates (subject to hydrolysis) is 1. The van der Waals surface area contributed by atoms with E-state index in [1.54, 1.807) is 44.9 Å². The van der Waals surface area contributed by atoms with Gasteiger partial charge in [0.1, 0.15) is 11.6 Å². The molecule has 0 aliphatic rings. The van der Waals surface area contributed by atoms with E-state index in [2.05, 4.69) is 10.3 Å². The Bertz CT molecular complexity index is 462. The normalized spacial score (nSPS) is 12.8. The lowest BCUT2D eigenvalue weighted by atomic mass is 10.1. The number of carboxylic acid groups (broad SMARTS) is 1. The Morgan fingerprint density at radius 3 is 2.58 bits per heavy atom. The molecule has 0 spiro atoms. The van der Waals surface area contributed by atoms with E-state index < -0.39 is 23.7 Å². The van der Waals surface area contributed by atoms with Gasteiger partial charge in [0.15, 0.2) is 0 Å².